The lowest BCUT2D eigenvalue weighted by Crippen LogP contribution is -2.57. The van der Waals surface area contributed by atoms with Gasteiger partial charge in [0.25, 0.3) is 0 Å². The fraction of sp³-hybridized carbons (Fsp3) is 0.944. The maximum Gasteiger partial charge on any atom is 0.405 e. The van der Waals surface area contributed by atoms with Gasteiger partial charge in [-0.05, 0) is 29.6 Å². The van der Waals surface area contributed by atoms with Gasteiger partial charge in [-0.15, -0.1) is 0 Å². The second-order valence-electron chi connectivity index (χ2n) is 8.33. The molecule has 2 nitrogen and oxygen atoms in total. The van der Waals surface area contributed by atoms with Gasteiger partial charge in [0.15, 0.2) is 5.41 Å². The molecule has 0 aliphatic heterocycles. The van der Waals surface area contributed by atoms with Crippen molar-refractivity contribution in [3.63, 3.8) is 0 Å². The Bertz CT molecular complexity index is 398. The van der Waals surface area contributed by atoms with E-state index in [2.05, 4.69) is 0 Å². The molecular weight excluding hydrogens is 305 g/mol. The van der Waals surface area contributed by atoms with Gasteiger partial charge in [0.2, 0.25) is 0 Å². The predicted molar refractivity (Wildman–Crippen MR) is 87.0 cm³/mol. The van der Waals surface area contributed by atoms with Gasteiger partial charge in [0.05, 0.1) is 6.61 Å². The largest absolute Gasteiger partial charge is 0.465 e. The van der Waals surface area contributed by atoms with Crippen LogP contribution in [0.5, 0.6) is 0 Å². The van der Waals surface area contributed by atoms with Gasteiger partial charge >= 0.3 is 12.1 Å². The first-order valence-corrected chi connectivity index (χ1v) is 8.41. The minimum Gasteiger partial charge on any atom is -0.465 e. The number of alkyl halides is 3. The van der Waals surface area contributed by atoms with E-state index in [9.17, 15) is 18.0 Å². The van der Waals surface area contributed by atoms with Crippen LogP contribution >= 0.6 is 0 Å². The summed E-state index contributed by atoms with van der Waals surface area (Å²) in [5, 5.41) is 0. The molecule has 0 rings (SSSR count). The zero-order valence-corrected chi connectivity index (χ0v) is 15.9. The van der Waals surface area contributed by atoms with Gasteiger partial charge in [-0.1, -0.05) is 61.8 Å². The van der Waals surface area contributed by atoms with Crippen LogP contribution in [0.2, 0.25) is 0 Å². The summed E-state index contributed by atoms with van der Waals surface area (Å²) >= 11 is 0. The summed E-state index contributed by atoms with van der Waals surface area (Å²) in [5.41, 5.74) is -4.35. The first kappa shape index (κ1) is 22.3. The molecule has 0 aliphatic carbocycles. The zero-order chi connectivity index (χ0) is 18.7. The van der Waals surface area contributed by atoms with E-state index < -0.39 is 28.4 Å². The van der Waals surface area contributed by atoms with Crippen molar-refractivity contribution >= 4 is 5.97 Å². The Kier molecular flexibility index (Phi) is 7.20. The van der Waals surface area contributed by atoms with E-state index >= 15 is 0 Å². The van der Waals surface area contributed by atoms with Gasteiger partial charge < -0.3 is 4.74 Å². The van der Waals surface area contributed by atoms with Crippen molar-refractivity contribution < 1.29 is 22.7 Å². The summed E-state index contributed by atoms with van der Waals surface area (Å²) in [6.45, 7) is 13.7. The van der Waals surface area contributed by atoms with Crippen LogP contribution in [0.25, 0.3) is 0 Å². The van der Waals surface area contributed by atoms with Crippen LogP contribution in [-0.4, -0.2) is 18.8 Å². The normalized spacial score (nSPS) is 16.3. The van der Waals surface area contributed by atoms with Crippen molar-refractivity contribution in [2.24, 2.45) is 22.2 Å². The van der Waals surface area contributed by atoms with Crippen molar-refractivity contribution in [2.45, 2.75) is 80.8 Å². The molecule has 5 heteroatoms. The first-order valence-electron chi connectivity index (χ1n) is 8.41. The van der Waals surface area contributed by atoms with Crippen LogP contribution in [-0.2, 0) is 9.53 Å². The van der Waals surface area contributed by atoms with E-state index in [4.69, 9.17) is 4.74 Å². The minimum atomic E-state index is -4.66. The second kappa shape index (κ2) is 7.43. The van der Waals surface area contributed by atoms with Crippen LogP contribution in [0.4, 0.5) is 13.2 Å². The lowest BCUT2D eigenvalue weighted by atomic mass is 9.57. The molecule has 0 aromatic rings. The van der Waals surface area contributed by atoms with Crippen molar-refractivity contribution in [2.75, 3.05) is 6.61 Å². The molecule has 1 unspecified atom stereocenters. The van der Waals surface area contributed by atoms with Crippen molar-refractivity contribution in [3.05, 3.63) is 0 Å². The highest BCUT2D eigenvalue weighted by Crippen LogP contribution is 2.59. The van der Waals surface area contributed by atoms with E-state index in [1.165, 1.54) is 13.8 Å². The van der Waals surface area contributed by atoms with Crippen LogP contribution < -0.4 is 0 Å². The first-order chi connectivity index (χ1) is 10.2. The number of hydrogen-bond donors (Lipinski definition) is 0. The van der Waals surface area contributed by atoms with Gasteiger partial charge in [0, 0.05) is 0 Å². The summed E-state index contributed by atoms with van der Waals surface area (Å²) in [5.74, 6) is -1.14. The van der Waals surface area contributed by atoms with Gasteiger partial charge in [-0.2, -0.15) is 13.2 Å². The fourth-order valence-corrected chi connectivity index (χ4v) is 2.70. The maximum absolute atomic E-state index is 14.2. The van der Waals surface area contributed by atoms with E-state index in [0.29, 0.717) is 6.42 Å². The van der Waals surface area contributed by atoms with Crippen molar-refractivity contribution in [1.29, 1.82) is 0 Å². The van der Waals surface area contributed by atoms with Gasteiger partial charge in [-0.3, -0.25) is 4.79 Å². The topological polar surface area (TPSA) is 26.3 Å². The summed E-state index contributed by atoms with van der Waals surface area (Å²) in [6, 6.07) is 0. The molecule has 0 heterocycles. The maximum atomic E-state index is 14.2. The van der Waals surface area contributed by atoms with Gasteiger partial charge in [0.1, 0.15) is 0 Å². The van der Waals surface area contributed by atoms with E-state index in [1.54, 1.807) is 20.8 Å². The monoisotopic (exact) mass is 338 g/mol. The van der Waals surface area contributed by atoms with Crippen LogP contribution in [0.1, 0.15) is 74.7 Å². The quantitative estimate of drug-likeness (QED) is 0.508. The molecule has 0 spiro atoms. The van der Waals surface area contributed by atoms with Crippen molar-refractivity contribution in [3.8, 4) is 0 Å². The lowest BCUT2D eigenvalue weighted by Gasteiger charge is -2.48. The molecule has 0 amide bonds. The standard InChI is InChI=1S/C18H33F3O2/c1-9-15(5,6)12-17(18(19,20)21,16(7,8)10-2)14(22)23-11-13(3)4/h13H,9-12H2,1-8H3. The molecular formula is C18H33F3O2. The smallest absolute Gasteiger partial charge is 0.405 e. The Labute approximate surface area is 139 Å². The molecule has 0 aromatic heterocycles. The number of halogens is 3. The fourth-order valence-electron chi connectivity index (χ4n) is 2.70. The van der Waals surface area contributed by atoms with Crippen molar-refractivity contribution in [1.82, 2.24) is 0 Å². The Morgan fingerprint density at radius 2 is 1.48 bits per heavy atom. The Morgan fingerprint density at radius 3 is 1.78 bits per heavy atom. The highest BCUT2D eigenvalue weighted by Gasteiger charge is 2.69. The summed E-state index contributed by atoms with van der Waals surface area (Å²) in [6.07, 6.45) is -4.13. The summed E-state index contributed by atoms with van der Waals surface area (Å²) in [4.78, 5) is 12.7. The molecule has 0 saturated heterocycles. The Hall–Kier alpha value is -0.740. The molecule has 0 fully saturated rings. The molecule has 0 saturated carbocycles. The highest BCUT2D eigenvalue weighted by molar-refractivity contribution is 5.79. The number of carbonyl (C=O) groups excluding carboxylic acids is 1. The van der Waals surface area contributed by atoms with E-state index in [0.717, 1.165) is 0 Å². The molecule has 0 N–H and O–H groups in total. The minimum absolute atomic E-state index is 0.00299. The predicted octanol–water partition coefficient (Wildman–Crippen LogP) is 6.00. The second-order valence-corrected chi connectivity index (χ2v) is 8.33. The van der Waals surface area contributed by atoms with Crippen LogP contribution in [0, 0.1) is 22.2 Å². The summed E-state index contributed by atoms with van der Waals surface area (Å²) in [7, 11) is 0. The van der Waals surface area contributed by atoms with E-state index in [-0.39, 0.29) is 25.4 Å². The zero-order valence-electron chi connectivity index (χ0n) is 15.9. The SMILES string of the molecule is CCC(C)(C)CC(C(=O)OCC(C)C)(C(F)(F)F)C(C)(C)CC. The average Bonchev–Trinajstić information content (AvgIpc) is 2.40. The Balaban J connectivity index is 6.13. The molecule has 0 aliphatic rings. The van der Waals surface area contributed by atoms with Crippen LogP contribution in [0.3, 0.4) is 0 Å². The third-order valence-corrected chi connectivity index (χ3v) is 5.12. The third kappa shape index (κ3) is 4.87. The third-order valence-electron chi connectivity index (χ3n) is 5.12. The number of ether oxygens (including phenoxy) is 1. The number of esters is 1. The average molecular weight is 338 g/mol. The Morgan fingerprint density at radius 1 is 1.00 bits per heavy atom. The molecule has 1 atom stereocenters. The molecule has 23 heavy (non-hydrogen) atoms. The number of rotatable bonds is 8. The van der Waals surface area contributed by atoms with Crippen LogP contribution in [0.15, 0.2) is 0 Å². The molecule has 0 bridgehead atoms. The molecule has 0 radical (unpaired) electrons. The number of hydrogen-bond acceptors (Lipinski definition) is 2. The summed E-state index contributed by atoms with van der Waals surface area (Å²) < 4.78 is 47.7. The van der Waals surface area contributed by atoms with E-state index in [1.807, 2.05) is 20.8 Å². The lowest BCUT2D eigenvalue weighted by molar-refractivity contribution is -0.273. The number of carbonyl (C=O) groups is 1. The van der Waals surface area contributed by atoms with Gasteiger partial charge in [-0.25, -0.2) is 0 Å². The molecule has 0 aromatic carbocycles. The molecule has 138 valence electrons. The highest BCUT2D eigenvalue weighted by atomic mass is 19.4.